The number of H-pyrrole nitrogens is 1. The maximum Gasteiger partial charge on any atom is 0.290 e. The third-order valence-electron chi connectivity index (χ3n) is 1.65. The molecule has 0 aliphatic heterocycles. The lowest BCUT2D eigenvalue weighted by atomic mass is 10.2. The first-order chi connectivity index (χ1) is 6.13. The van der Waals surface area contributed by atoms with Crippen LogP contribution >= 0.6 is 0 Å². The Labute approximate surface area is 77.1 Å². The summed E-state index contributed by atoms with van der Waals surface area (Å²) in [7, 11) is 5.43. The fraction of sp³-hybridized carbons (Fsp3) is 0.444. The van der Waals surface area contributed by atoms with E-state index in [2.05, 4.69) is 4.98 Å². The summed E-state index contributed by atoms with van der Waals surface area (Å²) in [6, 6.07) is 1.75. The van der Waals surface area contributed by atoms with Crippen molar-refractivity contribution in [1.29, 1.82) is 0 Å². The molecule has 0 amide bonds. The maximum absolute atomic E-state index is 11.1. The fourth-order valence-electron chi connectivity index (χ4n) is 1.11. The van der Waals surface area contributed by atoms with E-state index in [0.29, 0.717) is 5.75 Å². The molecule has 0 aliphatic carbocycles. The van der Waals surface area contributed by atoms with E-state index in [9.17, 15) is 4.79 Å². The Morgan fingerprint density at radius 1 is 1.54 bits per heavy atom. The average Bonchev–Trinajstić information content (AvgIpc) is 2.07. The Kier molecular flexibility index (Phi) is 3.08. The van der Waals surface area contributed by atoms with Crippen LogP contribution < -0.4 is 10.3 Å². The lowest BCUT2D eigenvalue weighted by molar-refractivity contribution is 0.391. The van der Waals surface area contributed by atoms with E-state index < -0.39 is 0 Å². The first-order valence-electron chi connectivity index (χ1n) is 4.04. The highest BCUT2D eigenvalue weighted by atomic mass is 16.5. The number of hydrogen-bond donors (Lipinski definition) is 1. The van der Waals surface area contributed by atoms with E-state index in [1.165, 1.54) is 7.11 Å². The summed E-state index contributed by atoms with van der Waals surface area (Å²) in [4.78, 5) is 15.7. The fourth-order valence-corrected chi connectivity index (χ4v) is 1.11. The Morgan fingerprint density at radius 3 is 2.77 bits per heavy atom. The van der Waals surface area contributed by atoms with Crippen molar-refractivity contribution in [3.05, 3.63) is 28.2 Å². The Balaban J connectivity index is 2.93. The third kappa shape index (κ3) is 2.59. The zero-order valence-electron chi connectivity index (χ0n) is 8.13. The highest BCUT2D eigenvalue weighted by molar-refractivity contribution is 5.23. The van der Waals surface area contributed by atoms with Crippen molar-refractivity contribution < 1.29 is 4.74 Å². The Morgan fingerprint density at radius 2 is 2.23 bits per heavy atom. The number of hydrogen-bond acceptors (Lipinski definition) is 3. The van der Waals surface area contributed by atoms with Gasteiger partial charge in [0.2, 0.25) is 0 Å². The molecule has 1 heterocycles. The van der Waals surface area contributed by atoms with Gasteiger partial charge >= 0.3 is 0 Å². The van der Waals surface area contributed by atoms with Crippen LogP contribution in [0.5, 0.6) is 5.75 Å². The summed E-state index contributed by atoms with van der Waals surface area (Å²) in [5.74, 6) is 0.361. The summed E-state index contributed by atoms with van der Waals surface area (Å²) in [6.45, 7) is 0.785. The van der Waals surface area contributed by atoms with Crippen LogP contribution in [0.2, 0.25) is 0 Å². The van der Waals surface area contributed by atoms with Crippen LogP contribution in [0.3, 0.4) is 0 Å². The van der Waals surface area contributed by atoms with Gasteiger partial charge in [0, 0.05) is 12.7 Å². The van der Waals surface area contributed by atoms with Crippen LogP contribution in [-0.2, 0) is 6.54 Å². The summed E-state index contributed by atoms with van der Waals surface area (Å²) in [5.41, 5.74) is 0.839. The van der Waals surface area contributed by atoms with Crippen LogP contribution in [0, 0.1) is 0 Å². The van der Waals surface area contributed by atoms with Gasteiger partial charge in [0.05, 0.1) is 7.11 Å². The number of ether oxygens (including phenoxy) is 1. The van der Waals surface area contributed by atoms with E-state index in [4.69, 9.17) is 4.74 Å². The number of aromatic nitrogens is 1. The lowest BCUT2D eigenvalue weighted by Crippen LogP contribution is -2.14. The maximum atomic E-state index is 11.1. The molecular formula is C9H14N2O2. The molecule has 0 saturated carbocycles. The van der Waals surface area contributed by atoms with Crippen molar-refractivity contribution in [2.75, 3.05) is 21.2 Å². The SMILES string of the molecule is COc1cc(CN(C)C)c[nH]c1=O. The monoisotopic (exact) mass is 182 g/mol. The quantitative estimate of drug-likeness (QED) is 0.738. The number of methoxy groups -OCH3 is 1. The van der Waals surface area contributed by atoms with Gasteiger partial charge < -0.3 is 14.6 Å². The van der Waals surface area contributed by atoms with Crippen LogP contribution in [-0.4, -0.2) is 31.1 Å². The molecule has 0 spiro atoms. The second kappa shape index (κ2) is 4.09. The van der Waals surface area contributed by atoms with Crippen molar-refractivity contribution in [1.82, 2.24) is 9.88 Å². The number of nitrogens with one attached hydrogen (secondary N) is 1. The van der Waals surface area contributed by atoms with Crippen molar-refractivity contribution in [3.63, 3.8) is 0 Å². The van der Waals surface area contributed by atoms with Gasteiger partial charge in [-0.3, -0.25) is 4.79 Å². The molecule has 1 aromatic heterocycles. The van der Waals surface area contributed by atoms with E-state index in [-0.39, 0.29) is 5.56 Å². The molecule has 1 rings (SSSR count). The highest BCUT2D eigenvalue weighted by Crippen LogP contribution is 2.06. The Hall–Kier alpha value is -1.29. The molecule has 1 N–H and O–H groups in total. The first-order valence-corrected chi connectivity index (χ1v) is 4.04. The highest BCUT2D eigenvalue weighted by Gasteiger charge is 2.01. The van der Waals surface area contributed by atoms with Crippen LogP contribution in [0.1, 0.15) is 5.56 Å². The van der Waals surface area contributed by atoms with Crippen LogP contribution in [0.15, 0.2) is 17.1 Å². The Bertz CT molecular complexity index is 331. The van der Waals surface area contributed by atoms with Gasteiger partial charge in [-0.1, -0.05) is 0 Å². The van der Waals surface area contributed by atoms with Crippen molar-refractivity contribution in [2.24, 2.45) is 0 Å². The topological polar surface area (TPSA) is 45.3 Å². The minimum Gasteiger partial charge on any atom is -0.491 e. The molecule has 0 saturated heterocycles. The molecule has 0 radical (unpaired) electrons. The number of pyridine rings is 1. The van der Waals surface area contributed by atoms with E-state index in [1.807, 2.05) is 19.0 Å². The number of rotatable bonds is 3. The van der Waals surface area contributed by atoms with Gasteiger partial charge in [-0.05, 0) is 25.7 Å². The molecule has 0 atom stereocenters. The van der Waals surface area contributed by atoms with Gasteiger partial charge in [-0.25, -0.2) is 0 Å². The van der Waals surface area contributed by atoms with Gasteiger partial charge in [-0.2, -0.15) is 0 Å². The standard InChI is InChI=1S/C9H14N2O2/c1-11(2)6-7-4-8(13-3)9(12)10-5-7/h4-5H,6H2,1-3H3,(H,10,12). The van der Waals surface area contributed by atoms with E-state index in [0.717, 1.165) is 12.1 Å². The van der Waals surface area contributed by atoms with Gasteiger partial charge in [0.1, 0.15) is 0 Å². The molecule has 0 aliphatic rings. The van der Waals surface area contributed by atoms with E-state index >= 15 is 0 Å². The van der Waals surface area contributed by atoms with Crippen molar-refractivity contribution in [3.8, 4) is 5.75 Å². The average molecular weight is 182 g/mol. The molecule has 13 heavy (non-hydrogen) atoms. The van der Waals surface area contributed by atoms with E-state index in [1.54, 1.807) is 12.3 Å². The molecule has 0 fully saturated rings. The molecular weight excluding hydrogens is 168 g/mol. The second-order valence-electron chi connectivity index (χ2n) is 3.14. The van der Waals surface area contributed by atoms with Crippen molar-refractivity contribution in [2.45, 2.75) is 6.54 Å². The largest absolute Gasteiger partial charge is 0.491 e. The molecule has 0 bridgehead atoms. The molecule has 4 nitrogen and oxygen atoms in total. The second-order valence-corrected chi connectivity index (χ2v) is 3.14. The first kappa shape index (κ1) is 9.80. The number of nitrogens with zero attached hydrogens (tertiary/aromatic N) is 1. The zero-order chi connectivity index (χ0) is 9.84. The van der Waals surface area contributed by atoms with Gasteiger partial charge in [0.15, 0.2) is 5.75 Å². The summed E-state index contributed by atoms with van der Waals surface area (Å²) in [6.07, 6.45) is 1.70. The third-order valence-corrected chi connectivity index (χ3v) is 1.65. The van der Waals surface area contributed by atoms with Crippen LogP contribution in [0.25, 0.3) is 0 Å². The summed E-state index contributed by atoms with van der Waals surface area (Å²) in [5, 5.41) is 0. The summed E-state index contributed by atoms with van der Waals surface area (Å²) >= 11 is 0. The molecule has 72 valence electrons. The normalized spacial score (nSPS) is 10.5. The van der Waals surface area contributed by atoms with Crippen LogP contribution in [0.4, 0.5) is 0 Å². The minimum absolute atomic E-state index is 0.190. The molecule has 1 aromatic rings. The molecule has 0 unspecified atom stereocenters. The smallest absolute Gasteiger partial charge is 0.290 e. The minimum atomic E-state index is -0.190. The van der Waals surface area contributed by atoms with Gasteiger partial charge in [-0.15, -0.1) is 0 Å². The molecule has 4 heteroatoms. The predicted molar refractivity (Wildman–Crippen MR) is 51.0 cm³/mol. The predicted octanol–water partition coefficient (Wildman–Crippen LogP) is 0.445. The number of aromatic amines is 1. The lowest BCUT2D eigenvalue weighted by Gasteiger charge is -2.09. The van der Waals surface area contributed by atoms with Gasteiger partial charge in [0.25, 0.3) is 5.56 Å². The van der Waals surface area contributed by atoms with Crippen molar-refractivity contribution >= 4 is 0 Å². The summed E-state index contributed by atoms with van der Waals surface area (Å²) < 4.78 is 4.90. The molecule has 0 aromatic carbocycles. The zero-order valence-corrected chi connectivity index (χ0v) is 8.13.